The third-order valence-corrected chi connectivity index (χ3v) is 4.40. The van der Waals surface area contributed by atoms with E-state index in [0.717, 1.165) is 10.0 Å². The molecule has 28 heavy (non-hydrogen) atoms. The maximum atomic E-state index is 12.0. The van der Waals surface area contributed by atoms with Crippen LogP contribution < -0.4 is 15.8 Å². The van der Waals surface area contributed by atoms with Gasteiger partial charge in [0.15, 0.2) is 6.04 Å². The number of carbonyl (C=O) groups is 1. The molecule has 0 radical (unpaired) electrons. The summed E-state index contributed by atoms with van der Waals surface area (Å²) in [7, 11) is 0. The average Bonchev–Trinajstić information content (AvgIpc) is 2.64. The molecule has 0 aliphatic carbocycles. The highest BCUT2D eigenvalue weighted by Crippen LogP contribution is 2.35. The van der Waals surface area contributed by atoms with E-state index in [2.05, 4.69) is 21.2 Å². The van der Waals surface area contributed by atoms with Crippen LogP contribution >= 0.6 is 28.3 Å². The number of benzene rings is 2. The van der Waals surface area contributed by atoms with Gasteiger partial charge >= 0.3 is 5.97 Å². The second kappa shape index (κ2) is 10.9. The van der Waals surface area contributed by atoms with Crippen molar-refractivity contribution in [3.05, 3.63) is 57.6 Å². The number of rotatable bonds is 9. The zero-order valence-electron chi connectivity index (χ0n) is 15.2. The lowest BCUT2D eigenvalue weighted by molar-refractivity contribution is -0.138. The number of amidine groups is 1. The van der Waals surface area contributed by atoms with Crippen molar-refractivity contribution in [1.29, 1.82) is 5.41 Å². The first-order valence-corrected chi connectivity index (χ1v) is 9.16. The quantitative estimate of drug-likeness (QED) is 0.281. The maximum absolute atomic E-state index is 12.0. The van der Waals surface area contributed by atoms with Crippen LogP contribution in [-0.4, -0.2) is 35.2 Å². The summed E-state index contributed by atoms with van der Waals surface area (Å²) < 4.78 is 6.41. The van der Waals surface area contributed by atoms with E-state index in [4.69, 9.17) is 21.0 Å². The number of aliphatic carboxylic acids is 1. The molecule has 0 saturated heterocycles. The molecular formula is C19H23BrClN3O4. The first kappa shape index (κ1) is 23.7. The van der Waals surface area contributed by atoms with Crippen molar-refractivity contribution in [2.75, 3.05) is 18.5 Å². The minimum Gasteiger partial charge on any atom is -0.491 e. The van der Waals surface area contributed by atoms with E-state index in [-0.39, 0.29) is 31.5 Å². The zero-order chi connectivity index (χ0) is 20.0. The third-order valence-electron chi connectivity index (χ3n) is 3.94. The Morgan fingerprint density at radius 2 is 1.96 bits per heavy atom. The van der Waals surface area contributed by atoms with Crippen LogP contribution in [0.1, 0.15) is 29.7 Å². The van der Waals surface area contributed by atoms with E-state index in [9.17, 15) is 9.90 Å². The largest absolute Gasteiger partial charge is 0.491 e. The van der Waals surface area contributed by atoms with E-state index in [0.29, 0.717) is 29.0 Å². The fourth-order valence-electron chi connectivity index (χ4n) is 2.66. The summed E-state index contributed by atoms with van der Waals surface area (Å²) in [4.78, 5) is 12.0. The van der Waals surface area contributed by atoms with Crippen LogP contribution in [0.2, 0.25) is 0 Å². The second-order valence-electron chi connectivity index (χ2n) is 5.82. The smallest absolute Gasteiger partial charge is 0.330 e. The van der Waals surface area contributed by atoms with Gasteiger partial charge in [0.1, 0.15) is 18.2 Å². The van der Waals surface area contributed by atoms with Gasteiger partial charge in [-0.15, -0.1) is 12.4 Å². The number of hydrogen-bond acceptors (Lipinski definition) is 5. The Bertz CT molecular complexity index is 831. The minimum absolute atomic E-state index is 0. The molecule has 0 amide bonds. The van der Waals surface area contributed by atoms with Gasteiger partial charge in [-0.05, 0) is 48.4 Å². The van der Waals surface area contributed by atoms with Crippen molar-refractivity contribution >= 4 is 45.8 Å². The van der Waals surface area contributed by atoms with Gasteiger partial charge in [-0.1, -0.05) is 22.9 Å². The van der Waals surface area contributed by atoms with Crippen molar-refractivity contribution in [2.45, 2.75) is 19.4 Å². The van der Waals surface area contributed by atoms with E-state index >= 15 is 0 Å². The number of aliphatic hydroxyl groups excluding tert-OH is 1. The minimum atomic E-state index is -1.07. The highest BCUT2D eigenvalue weighted by Gasteiger charge is 2.26. The number of hydrogen-bond donors (Lipinski definition) is 5. The van der Waals surface area contributed by atoms with Crippen molar-refractivity contribution in [1.82, 2.24) is 0 Å². The lowest BCUT2D eigenvalue weighted by atomic mass is 10.00. The topological polar surface area (TPSA) is 129 Å². The van der Waals surface area contributed by atoms with Crippen LogP contribution in [0.25, 0.3) is 0 Å². The number of halogens is 2. The van der Waals surface area contributed by atoms with Crippen molar-refractivity contribution in [3.63, 3.8) is 0 Å². The number of anilines is 1. The molecule has 0 heterocycles. The number of ether oxygens (including phenoxy) is 1. The average molecular weight is 473 g/mol. The van der Waals surface area contributed by atoms with Gasteiger partial charge < -0.3 is 26.0 Å². The van der Waals surface area contributed by atoms with Gasteiger partial charge in [0.2, 0.25) is 0 Å². The second-order valence-corrected chi connectivity index (χ2v) is 6.73. The van der Waals surface area contributed by atoms with E-state index < -0.39 is 12.0 Å². The Balaban J connectivity index is 0.00000392. The first-order chi connectivity index (χ1) is 12.9. The molecule has 7 nitrogen and oxygen atoms in total. The lowest BCUT2D eigenvalue weighted by Gasteiger charge is -2.22. The number of nitrogens with two attached hydrogens (primary N) is 1. The zero-order valence-corrected chi connectivity index (χ0v) is 17.6. The molecule has 6 N–H and O–H groups in total. The fraction of sp³-hybridized carbons (Fsp3) is 0.263. The Morgan fingerprint density at radius 3 is 2.46 bits per heavy atom. The highest BCUT2D eigenvalue weighted by molar-refractivity contribution is 9.10. The summed E-state index contributed by atoms with van der Waals surface area (Å²) in [6.07, 6.45) is 0.646. The number of aliphatic hydroxyl groups is 1. The van der Waals surface area contributed by atoms with Crippen LogP contribution in [-0.2, 0) is 11.2 Å². The molecule has 0 fully saturated rings. The SMILES string of the molecule is CCc1cc(Br)cc(C(Nc2ccc(C(=N)N)cc2)C(=O)O)c1OCCO.Cl. The predicted molar refractivity (Wildman–Crippen MR) is 115 cm³/mol. The van der Waals surface area contributed by atoms with Crippen molar-refractivity contribution in [3.8, 4) is 5.75 Å². The molecule has 9 heteroatoms. The molecule has 152 valence electrons. The summed E-state index contributed by atoms with van der Waals surface area (Å²) in [5.74, 6) is -0.676. The van der Waals surface area contributed by atoms with Crippen LogP contribution in [0.4, 0.5) is 5.69 Å². The highest BCUT2D eigenvalue weighted by atomic mass is 79.9. The molecule has 0 aromatic heterocycles. The summed E-state index contributed by atoms with van der Waals surface area (Å²) in [6, 6.07) is 9.12. The van der Waals surface area contributed by atoms with E-state index in [1.807, 2.05) is 13.0 Å². The molecule has 0 aliphatic heterocycles. The monoisotopic (exact) mass is 471 g/mol. The Morgan fingerprint density at radius 1 is 1.32 bits per heavy atom. The Labute approximate surface area is 178 Å². The van der Waals surface area contributed by atoms with Gasteiger partial charge in [0, 0.05) is 21.3 Å². The predicted octanol–water partition coefficient (Wildman–Crippen LogP) is 3.33. The van der Waals surface area contributed by atoms with Crippen molar-refractivity contribution < 1.29 is 19.7 Å². The number of nitrogen functional groups attached to an aromatic ring is 1. The molecule has 0 bridgehead atoms. The van der Waals surface area contributed by atoms with Crippen LogP contribution in [0.5, 0.6) is 5.75 Å². The van der Waals surface area contributed by atoms with Gasteiger partial charge in [-0.3, -0.25) is 5.41 Å². The van der Waals surface area contributed by atoms with E-state index in [1.165, 1.54) is 0 Å². The van der Waals surface area contributed by atoms with E-state index in [1.54, 1.807) is 30.3 Å². The van der Waals surface area contributed by atoms with Gasteiger partial charge in [-0.25, -0.2) is 4.79 Å². The normalized spacial score (nSPS) is 11.2. The number of carboxylic acids is 1. The third kappa shape index (κ3) is 5.85. The number of nitrogens with one attached hydrogen (secondary N) is 2. The maximum Gasteiger partial charge on any atom is 0.330 e. The molecule has 1 unspecified atom stereocenters. The molecule has 0 spiro atoms. The van der Waals surface area contributed by atoms with Gasteiger partial charge in [0.25, 0.3) is 0 Å². The van der Waals surface area contributed by atoms with Gasteiger partial charge in [0.05, 0.1) is 6.61 Å². The standard InChI is InChI=1S/C19H22BrN3O4.ClH/c1-2-11-9-13(20)10-15(17(11)27-8-7-24)16(19(25)26)23-14-5-3-12(4-6-14)18(21)22;/h3-6,9-10,16,23-24H,2,7-8H2,1H3,(H3,21,22)(H,25,26);1H. The molecule has 2 aromatic rings. The summed E-state index contributed by atoms with van der Waals surface area (Å²) in [5, 5.41) is 29.3. The molecular weight excluding hydrogens is 450 g/mol. The summed E-state index contributed by atoms with van der Waals surface area (Å²) >= 11 is 3.42. The summed E-state index contributed by atoms with van der Waals surface area (Å²) in [5.41, 5.74) is 7.86. The first-order valence-electron chi connectivity index (χ1n) is 8.37. The van der Waals surface area contributed by atoms with Crippen LogP contribution in [0, 0.1) is 5.41 Å². The fourth-order valence-corrected chi connectivity index (χ4v) is 3.18. The number of carboxylic acid groups (broad SMARTS) is 1. The Kier molecular flexibility index (Phi) is 9.24. The molecule has 1 atom stereocenters. The lowest BCUT2D eigenvalue weighted by Crippen LogP contribution is -2.22. The Hall–Kier alpha value is -2.29. The number of aryl methyl sites for hydroxylation is 1. The van der Waals surface area contributed by atoms with Crippen LogP contribution in [0.15, 0.2) is 40.9 Å². The van der Waals surface area contributed by atoms with Crippen molar-refractivity contribution in [2.24, 2.45) is 5.73 Å². The molecule has 0 aliphatic rings. The van der Waals surface area contributed by atoms with Gasteiger partial charge in [-0.2, -0.15) is 0 Å². The van der Waals surface area contributed by atoms with Crippen LogP contribution in [0.3, 0.4) is 0 Å². The molecule has 2 rings (SSSR count). The summed E-state index contributed by atoms with van der Waals surface area (Å²) in [6.45, 7) is 1.85. The molecule has 0 saturated carbocycles. The molecule has 2 aromatic carbocycles.